The predicted molar refractivity (Wildman–Crippen MR) is 149 cm³/mol. The lowest BCUT2D eigenvalue weighted by atomic mass is 10.1. The molecule has 37 heavy (non-hydrogen) atoms. The molecular formula is C28H32ClN7O. The molecule has 0 saturated carbocycles. The zero-order chi connectivity index (χ0) is 25.2. The van der Waals surface area contributed by atoms with Crippen LogP contribution in [0, 0.1) is 6.92 Å². The second kappa shape index (κ2) is 10.7. The SMILES string of the molecule is Cc1nn(CCN2CCCC2)c2cc(-c3cc(Nc4ccc(Cl)cc4)nc(N4CCOCC4)n3)ccc12. The van der Waals surface area contributed by atoms with E-state index in [2.05, 4.69) is 44.9 Å². The normalized spacial score (nSPS) is 16.5. The summed E-state index contributed by atoms with van der Waals surface area (Å²) in [5, 5.41) is 10.2. The van der Waals surface area contributed by atoms with Crippen molar-refractivity contribution in [3.8, 4) is 11.3 Å². The highest BCUT2D eigenvalue weighted by Crippen LogP contribution is 2.29. The Kier molecular flexibility index (Phi) is 6.95. The molecule has 0 radical (unpaired) electrons. The Labute approximate surface area is 222 Å². The van der Waals surface area contributed by atoms with E-state index in [1.165, 1.54) is 31.3 Å². The molecular weight excluding hydrogens is 486 g/mol. The minimum atomic E-state index is 0.676. The summed E-state index contributed by atoms with van der Waals surface area (Å²) in [5.41, 5.74) is 5.05. The standard InChI is InChI=1S/C28H32ClN7O/c1-20-24-9-4-21(18-26(24)36(33-20)13-12-34-10-2-3-11-34)25-19-27(30-23-7-5-22(29)6-8-23)32-28(31-25)35-14-16-37-17-15-35/h4-9,18-19H,2-3,10-17H2,1H3,(H,30,31,32). The van der Waals surface area contributed by atoms with Gasteiger partial charge in [0.15, 0.2) is 0 Å². The van der Waals surface area contributed by atoms with Crippen LogP contribution in [0.15, 0.2) is 48.5 Å². The van der Waals surface area contributed by atoms with E-state index in [-0.39, 0.29) is 0 Å². The molecule has 0 unspecified atom stereocenters. The van der Waals surface area contributed by atoms with Crippen molar-refractivity contribution in [1.29, 1.82) is 0 Å². The van der Waals surface area contributed by atoms with Crippen LogP contribution in [-0.4, -0.2) is 70.6 Å². The third-order valence-corrected chi connectivity index (χ3v) is 7.44. The number of fused-ring (bicyclic) bond motifs is 1. The molecule has 4 aromatic rings. The highest BCUT2D eigenvalue weighted by molar-refractivity contribution is 6.30. The first-order valence-corrected chi connectivity index (χ1v) is 13.4. The average Bonchev–Trinajstić information content (AvgIpc) is 3.56. The first-order valence-electron chi connectivity index (χ1n) is 13.1. The molecule has 192 valence electrons. The lowest BCUT2D eigenvalue weighted by Gasteiger charge is -2.27. The maximum atomic E-state index is 6.09. The maximum absolute atomic E-state index is 6.09. The van der Waals surface area contributed by atoms with E-state index in [0.717, 1.165) is 60.2 Å². The molecule has 0 amide bonds. The Morgan fingerprint density at radius 1 is 0.919 bits per heavy atom. The Morgan fingerprint density at radius 2 is 1.70 bits per heavy atom. The van der Waals surface area contributed by atoms with E-state index in [4.69, 9.17) is 31.4 Å². The van der Waals surface area contributed by atoms with E-state index < -0.39 is 0 Å². The molecule has 2 aliphatic heterocycles. The van der Waals surface area contributed by atoms with Gasteiger partial charge in [0.05, 0.1) is 36.7 Å². The van der Waals surface area contributed by atoms with Crippen molar-refractivity contribution in [2.24, 2.45) is 0 Å². The van der Waals surface area contributed by atoms with Crippen LogP contribution in [0.1, 0.15) is 18.5 Å². The van der Waals surface area contributed by atoms with E-state index in [1.54, 1.807) is 0 Å². The van der Waals surface area contributed by atoms with Gasteiger partial charge in [-0.3, -0.25) is 4.68 Å². The topological polar surface area (TPSA) is 71.3 Å². The summed E-state index contributed by atoms with van der Waals surface area (Å²) >= 11 is 6.09. The molecule has 2 saturated heterocycles. The number of benzene rings is 2. The van der Waals surface area contributed by atoms with Crippen molar-refractivity contribution in [2.45, 2.75) is 26.3 Å². The van der Waals surface area contributed by atoms with Crippen molar-refractivity contribution in [3.63, 3.8) is 0 Å². The first-order chi connectivity index (χ1) is 18.1. The lowest BCUT2D eigenvalue weighted by Crippen LogP contribution is -2.37. The van der Waals surface area contributed by atoms with Crippen LogP contribution in [0.5, 0.6) is 0 Å². The van der Waals surface area contributed by atoms with Crippen LogP contribution < -0.4 is 10.2 Å². The third kappa shape index (κ3) is 5.42. The van der Waals surface area contributed by atoms with Gasteiger partial charge in [-0.25, -0.2) is 4.98 Å². The number of anilines is 3. The number of morpholine rings is 1. The van der Waals surface area contributed by atoms with Crippen LogP contribution in [0.2, 0.25) is 5.02 Å². The maximum Gasteiger partial charge on any atom is 0.228 e. The van der Waals surface area contributed by atoms with Gasteiger partial charge >= 0.3 is 0 Å². The molecule has 9 heteroatoms. The minimum absolute atomic E-state index is 0.676. The number of nitrogens with zero attached hydrogens (tertiary/aromatic N) is 6. The Hall–Kier alpha value is -3.20. The molecule has 0 atom stereocenters. The minimum Gasteiger partial charge on any atom is -0.378 e. The molecule has 2 aromatic carbocycles. The van der Waals surface area contributed by atoms with Gasteiger partial charge in [-0.05, 0) is 63.2 Å². The van der Waals surface area contributed by atoms with Gasteiger partial charge in [-0.15, -0.1) is 0 Å². The number of aryl methyl sites for hydroxylation is 1. The highest BCUT2D eigenvalue weighted by atomic mass is 35.5. The Balaban J connectivity index is 1.36. The number of aromatic nitrogens is 4. The summed E-state index contributed by atoms with van der Waals surface area (Å²) in [7, 11) is 0. The van der Waals surface area contributed by atoms with Crippen molar-refractivity contribution >= 4 is 40.0 Å². The quantitative estimate of drug-likeness (QED) is 0.364. The predicted octanol–water partition coefficient (Wildman–Crippen LogP) is 5.13. The van der Waals surface area contributed by atoms with E-state index in [1.807, 2.05) is 30.3 Å². The van der Waals surface area contributed by atoms with Gasteiger partial charge in [0.25, 0.3) is 0 Å². The monoisotopic (exact) mass is 517 g/mol. The molecule has 0 bridgehead atoms. The number of halogens is 1. The van der Waals surface area contributed by atoms with Gasteiger partial charge in [-0.2, -0.15) is 10.1 Å². The number of hydrogen-bond donors (Lipinski definition) is 1. The van der Waals surface area contributed by atoms with Crippen molar-refractivity contribution in [3.05, 3.63) is 59.2 Å². The number of ether oxygens (including phenoxy) is 1. The first kappa shape index (κ1) is 24.2. The molecule has 1 N–H and O–H groups in total. The lowest BCUT2D eigenvalue weighted by molar-refractivity contribution is 0.122. The van der Waals surface area contributed by atoms with Gasteiger partial charge in [0.2, 0.25) is 5.95 Å². The van der Waals surface area contributed by atoms with E-state index in [0.29, 0.717) is 24.2 Å². The molecule has 2 fully saturated rings. The second-order valence-corrected chi connectivity index (χ2v) is 10.2. The fraction of sp³-hybridized carbons (Fsp3) is 0.393. The molecule has 6 rings (SSSR count). The van der Waals surface area contributed by atoms with Crippen LogP contribution in [0.25, 0.3) is 22.2 Å². The van der Waals surface area contributed by atoms with Gasteiger partial charge < -0.3 is 19.9 Å². The Morgan fingerprint density at radius 3 is 2.49 bits per heavy atom. The molecule has 2 aromatic heterocycles. The third-order valence-electron chi connectivity index (χ3n) is 7.18. The van der Waals surface area contributed by atoms with Crippen molar-refractivity contribution in [1.82, 2.24) is 24.6 Å². The molecule has 0 spiro atoms. The van der Waals surface area contributed by atoms with E-state index in [9.17, 15) is 0 Å². The van der Waals surface area contributed by atoms with Crippen molar-refractivity contribution < 1.29 is 4.74 Å². The highest BCUT2D eigenvalue weighted by Gasteiger charge is 2.18. The Bertz CT molecular complexity index is 1380. The molecule has 0 aliphatic carbocycles. The summed E-state index contributed by atoms with van der Waals surface area (Å²) in [6.07, 6.45) is 2.60. The number of hydrogen-bond acceptors (Lipinski definition) is 7. The fourth-order valence-electron chi connectivity index (χ4n) is 5.14. The zero-order valence-corrected chi connectivity index (χ0v) is 21.9. The van der Waals surface area contributed by atoms with Crippen LogP contribution >= 0.6 is 11.6 Å². The van der Waals surface area contributed by atoms with Crippen LogP contribution in [0.4, 0.5) is 17.5 Å². The average molecular weight is 518 g/mol. The summed E-state index contributed by atoms with van der Waals surface area (Å²) in [6.45, 7) is 9.28. The van der Waals surface area contributed by atoms with Crippen molar-refractivity contribution in [2.75, 3.05) is 56.2 Å². The van der Waals surface area contributed by atoms with Gasteiger partial charge in [0, 0.05) is 47.4 Å². The van der Waals surface area contributed by atoms with Gasteiger partial charge in [-0.1, -0.05) is 23.7 Å². The number of nitrogens with one attached hydrogen (secondary N) is 1. The van der Waals surface area contributed by atoms with Crippen LogP contribution in [-0.2, 0) is 11.3 Å². The molecule has 2 aliphatic rings. The number of rotatable bonds is 7. The number of likely N-dealkylation sites (tertiary alicyclic amines) is 1. The second-order valence-electron chi connectivity index (χ2n) is 9.76. The largest absolute Gasteiger partial charge is 0.378 e. The summed E-state index contributed by atoms with van der Waals surface area (Å²) < 4.78 is 7.71. The zero-order valence-electron chi connectivity index (χ0n) is 21.2. The summed E-state index contributed by atoms with van der Waals surface area (Å²) in [4.78, 5) is 14.6. The van der Waals surface area contributed by atoms with Gasteiger partial charge in [0.1, 0.15) is 5.82 Å². The molecule has 4 heterocycles. The van der Waals surface area contributed by atoms with E-state index >= 15 is 0 Å². The van der Waals surface area contributed by atoms with Crippen LogP contribution in [0.3, 0.4) is 0 Å². The summed E-state index contributed by atoms with van der Waals surface area (Å²) in [5.74, 6) is 1.45. The summed E-state index contributed by atoms with van der Waals surface area (Å²) in [6, 6.07) is 16.2. The smallest absolute Gasteiger partial charge is 0.228 e. The fourth-order valence-corrected chi connectivity index (χ4v) is 5.27. The molecule has 8 nitrogen and oxygen atoms in total.